The predicted molar refractivity (Wildman–Crippen MR) is 114 cm³/mol. The van der Waals surface area contributed by atoms with Crippen molar-refractivity contribution in [1.82, 2.24) is 20.0 Å². The number of hydrogen-bond donors (Lipinski definition) is 1. The van der Waals surface area contributed by atoms with Crippen LogP contribution in [0.25, 0.3) is 10.8 Å². The number of hydrogen-bond acceptors (Lipinski definition) is 4. The Balaban J connectivity index is 1.40. The second-order valence-electron chi connectivity index (χ2n) is 7.72. The molecule has 29 heavy (non-hydrogen) atoms. The Labute approximate surface area is 170 Å². The molecule has 1 atom stereocenters. The fraction of sp³-hybridized carbons (Fsp3) is 0.348. The van der Waals surface area contributed by atoms with E-state index in [-0.39, 0.29) is 24.1 Å². The molecule has 3 aromatic rings. The molecule has 2 heterocycles. The first-order chi connectivity index (χ1) is 14.1. The third-order valence-electron chi connectivity index (χ3n) is 5.47. The van der Waals surface area contributed by atoms with Gasteiger partial charge in [0.05, 0.1) is 11.1 Å². The minimum atomic E-state index is -0.226. The minimum absolute atomic E-state index is 0.0559. The third-order valence-corrected chi connectivity index (χ3v) is 5.47. The van der Waals surface area contributed by atoms with Gasteiger partial charge in [-0.15, -0.1) is 0 Å². The smallest absolute Gasteiger partial charge is 0.275 e. The zero-order chi connectivity index (χ0) is 20.2. The number of amides is 1. The Hall–Kier alpha value is -2.99. The molecule has 1 aliphatic heterocycles. The Morgan fingerprint density at radius 1 is 1.10 bits per heavy atom. The third kappa shape index (κ3) is 4.54. The molecule has 1 aromatic heterocycles. The molecule has 1 unspecified atom stereocenters. The lowest BCUT2D eigenvalue weighted by atomic mass is 10.0. The van der Waals surface area contributed by atoms with Crippen molar-refractivity contribution in [2.45, 2.75) is 38.9 Å². The molecule has 4 rings (SSSR count). The van der Waals surface area contributed by atoms with Gasteiger partial charge in [0.15, 0.2) is 0 Å². The van der Waals surface area contributed by atoms with Crippen molar-refractivity contribution in [3.05, 3.63) is 76.2 Å². The van der Waals surface area contributed by atoms with Crippen molar-refractivity contribution in [3.8, 4) is 0 Å². The largest absolute Gasteiger partial charge is 0.350 e. The van der Waals surface area contributed by atoms with Crippen LogP contribution >= 0.6 is 0 Å². The summed E-state index contributed by atoms with van der Waals surface area (Å²) >= 11 is 0. The van der Waals surface area contributed by atoms with Crippen LogP contribution in [0, 0.1) is 6.92 Å². The van der Waals surface area contributed by atoms with Gasteiger partial charge in [-0.05, 0) is 37.9 Å². The monoisotopic (exact) mass is 390 g/mol. The molecule has 1 fully saturated rings. The van der Waals surface area contributed by atoms with Crippen molar-refractivity contribution in [1.29, 1.82) is 0 Å². The Morgan fingerprint density at radius 3 is 2.62 bits per heavy atom. The van der Waals surface area contributed by atoms with Crippen LogP contribution < -0.4 is 10.9 Å². The first-order valence-corrected chi connectivity index (χ1v) is 10.1. The molecule has 1 amide bonds. The molecule has 6 heteroatoms. The van der Waals surface area contributed by atoms with Gasteiger partial charge in [0.25, 0.3) is 5.56 Å². The number of benzene rings is 2. The minimum Gasteiger partial charge on any atom is -0.350 e. The molecule has 0 spiro atoms. The molecule has 0 radical (unpaired) electrons. The number of nitrogens with zero attached hydrogens (tertiary/aromatic N) is 3. The van der Waals surface area contributed by atoms with E-state index in [4.69, 9.17) is 0 Å². The predicted octanol–water partition coefficient (Wildman–Crippen LogP) is 2.49. The van der Waals surface area contributed by atoms with Crippen LogP contribution in [0.5, 0.6) is 0 Å². The number of nitrogens with one attached hydrogen (secondary N) is 1. The standard InChI is InChI=1S/C23H26N4O2/c1-17-20-11-5-6-12-21(20)23(29)27(25-17)16-22(28)24-19-10-7-13-26(15-19)14-18-8-3-2-4-9-18/h2-6,8-9,11-12,19H,7,10,13-16H2,1H3,(H,24,28). The molecule has 150 valence electrons. The van der Waals surface area contributed by atoms with E-state index in [9.17, 15) is 9.59 Å². The van der Waals surface area contributed by atoms with Crippen molar-refractivity contribution < 1.29 is 4.79 Å². The molecular weight excluding hydrogens is 364 g/mol. The summed E-state index contributed by atoms with van der Waals surface area (Å²) in [4.78, 5) is 27.7. The zero-order valence-electron chi connectivity index (χ0n) is 16.7. The Bertz CT molecular complexity index is 1060. The fourth-order valence-corrected chi connectivity index (χ4v) is 4.08. The molecule has 0 bridgehead atoms. The van der Waals surface area contributed by atoms with Crippen LogP contribution in [-0.4, -0.2) is 39.7 Å². The summed E-state index contributed by atoms with van der Waals surface area (Å²) in [5.41, 5.74) is 1.80. The molecular formula is C23H26N4O2. The van der Waals surface area contributed by atoms with E-state index >= 15 is 0 Å². The summed E-state index contributed by atoms with van der Waals surface area (Å²) in [6.07, 6.45) is 2.00. The fourth-order valence-electron chi connectivity index (χ4n) is 4.08. The van der Waals surface area contributed by atoms with E-state index in [1.54, 1.807) is 6.07 Å². The zero-order valence-corrected chi connectivity index (χ0v) is 16.7. The van der Waals surface area contributed by atoms with E-state index in [1.807, 2.05) is 31.2 Å². The highest BCUT2D eigenvalue weighted by Gasteiger charge is 2.22. The summed E-state index contributed by atoms with van der Waals surface area (Å²) < 4.78 is 1.28. The average Bonchev–Trinajstić information content (AvgIpc) is 2.73. The topological polar surface area (TPSA) is 67.2 Å². The number of rotatable bonds is 5. The van der Waals surface area contributed by atoms with Crippen molar-refractivity contribution in [2.24, 2.45) is 0 Å². The lowest BCUT2D eigenvalue weighted by Crippen LogP contribution is -2.48. The van der Waals surface area contributed by atoms with E-state index in [1.165, 1.54) is 10.2 Å². The van der Waals surface area contributed by atoms with Crippen molar-refractivity contribution in [3.63, 3.8) is 0 Å². The van der Waals surface area contributed by atoms with E-state index in [0.29, 0.717) is 5.39 Å². The van der Waals surface area contributed by atoms with Crippen LogP contribution in [0.2, 0.25) is 0 Å². The number of carbonyl (C=O) groups excluding carboxylic acids is 1. The van der Waals surface area contributed by atoms with Gasteiger partial charge in [0.2, 0.25) is 5.91 Å². The van der Waals surface area contributed by atoms with Gasteiger partial charge >= 0.3 is 0 Å². The molecule has 1 saturated heterocycles. The lowest BCUT2D eigenvalue weighted by Gasteiger charge is -2.33. The maximum absolute atomic E-state index is 12.7. The summed E-state index contributed by atoms with van der Waals surface area (Å²) in [6, 6.07) is 17.9. The second-order valence-corrected chi connectivity index (χ2v) is 7.72. The maximum atomic E-state index is 12.7. The highest BCUT2D eigenvalue weighted by molar-refractivity contribution is 5.83. The highest BCUT2D eigenvalue weighted by atomic mass is 16.2. The molecule has 1 aliphatic rings. The van der Waals surface area contributed by atoms with E-state index in [0.717, 1.165) is 43.6 Å². The molecule has 1 N–H and O–H groups in total. The van der Waals surface area contributed by atoms with Crippen LogP contribution in [0.3, 0.4) is 0 Å². The summed E-state index contributed by atoms with van der Waals surface area (Å²) in [5.74, 6) is -0.166. The van der Waals surface area contributed by atoms with Gasteiger partial charge < -0.3 is 5.32 Å². The highest BCUT2D eigenvalue weighted by Crippen LogP contribution is 2.14. The van der Waals surface area contributed by atoms with Crippen LogP contribution in [0.1, 0.15) is 24.1 Å². The van der Waals surface area contributed by atoms with Gasteiger partial charge in [-0.2, -0.15) is 5.10 Å². The quantitative estimate of drug-likeness (QED) is 0.727. The van der Waals surface area contributed by atoms with Crippen LogP contribution in [0.15, 0.2) is 59.4 Å². The maximum Gasteiger partial charge on any atom is 0.275 e. The number of likely N-dealkylation sites (tertiary alicyclic amines) is 1. The van der Waals surface area contributed by atoms with Gasteiger partial charge in [-0.1, -0.05) is 48.5 Å². The number of aryl methyl sites for hydroxylation is 1. The second kappa shape index (κ2) is 8.57. The van der Waals surface area contributed by atoms with Gasteiger partial charge in [0, 0.05) is 24.5 Å². The molecule has 0 saturated carbocycles. The number of carbonyl (C=O) groups is 1. The van der Waals surface area contributed by atoms with Gasteiger partial charge in [-0.25, -0.2) is 4.68 Å². The number of fused-ring (bicyclic) bond motifs is 1. The lowest BCUT2D eigenvalue weighted by molar-refractivity contribution is -0.123. The Morgan fingerprint density at radius 2 is 1.83 bits per heavy atom. The van der Waals surface area contributed by atoms with Gasteiger partial charge in [-0.3, -0.25) is 14.5 Å². The molecule has 6 nitrogen and oxygen atoms in total. The van der Waals surface area contributed by atoms with Crippen LogP contribution in [-0.2, 0) is 17.9 Å². The van der Waals surface area contributed by atoms with Gasteiger partial charge in [0.1, 0.15) is 6.54 Å². The summed E-state index contributed by atoms with van der Waals surface area (Å²) in [7, 11) is 0. The van der Waals surface area contributed by atoms with Crippen molar-refractivity contribution >= 4 is 16.7 Å². The Kier molecular flexibility index (Phi) is 5.71. The SMILES string of the molecule is Cc1nn(CC(=O)NC2CCCN(Cc3ccccc3)C2)c(=O)c2ccccc12. The summed E-state index contributed by atoms with van der Waals surface area (Å²) in [5, 5.41) is 8.86. The van der Waals surface area contributed by atoms with Crippen molar-refractivity contribution in [2.75, 3.05) is 13.1 Å². The van der Waals surface area contributed by atoms with E-state index < -0.39 is 0 Å². The number of aromatic nitrogens is 2. The normalized spacial score (nSPS) is 17.3. The first-order valence-electron chi connectivity index (χ1n) is 10.1. The van der Waals surface area contributed by atoms with Crippen LogP contribution in [0.4, 0.5) is 0 Å². The first kappa shape index (κ1) is 19.3. The summed E-state index contributed by atoms with van der Waals surface area (Å²) in [6.45, 7) is 4.54. The molecule has 0 aliphatic carbocycles. The number of piperidine rings is 1. The average molecular weight is 390 g/mol. The molecule has 2 aromatic carbocycles. The van der Waals surface area contributed by atoms with E-state index in [2.05, 4.69) is 39.6 Å².